The molecule has 2 N–H and O–H groups in total. The fraction of sp³-hybridized carbons (Fsp3) is 0.556. The summed E-state index contributed by atoms with van der Waals surface area (Å²) in [4.78, 5) is 16.0. The maximum absolute atomic E-state index is 11.8. The Kier molecular flexibility index (Phi) is 12.9. The van der Waals surface area contributed by atoms with Gasteiger partial charge >= 0.3 is 5.97 Å². The van der Waals surface area contributed by atoms with Crippen LogP contribution >= 0.6 is 24.0 Å². The second kappa shape index (κ2) is 13.7. The number of nitrogens with zero attached hydrogens (tertiary/aromatic N) is 1. The van der Waals surface area contributed by atoms with Crippen molar-refractivity contribution >= 4 is 35.9 Å². The van der Waals surface area contributed by atoms with Crippen LogP contribution in [-0.4, -0.2) is 39.7 Å². The van der Waals surface area contributed by atoms with Crippen LogP contribution in [0.4, 0.5) is 0 Å². The number of benzene rings is 1. The summed E-state index contributed by atoms with van der Waals surface area (Å²) in [6, 6.07) is 5.45. The minimum absolute atomic E-state index is 0. The van der Waals surface area contributed by atoms with E-state index < -0.39 is 5.97 Å². The zero-order valence-electron chi connectivity index (χ0n) is 15.6. The van der Waals surface area contributed by atoms with Crippen LogP contribution in [0.2, 0.25) is 0 Å². The van der Waals surface area contributed by atoms with Crippen molar-refractivity contribution in [2.75, 3.05) is 27.8 Å². The molecule has 0 bridgehead atoms. The molecule has 0 saturated carbocycles. The van der Waals surface area contributed by atoms with Gasteiger partial charge in [-0.3, -0.25) is 4.99 Å². The number of hydrogen-bond acceptors (Lipinski definition) is 4. The zero-order chi connectivity index (χ0) is 17.8. The average molecular weight is 463 g/mol. The summed E-state index contributed by atoms with van der Waals surface area (Å²) in [6.07, 6.45) is 4.84. The monoisotopic (exact) mass is 463 g/mol. The minimum Gasteiger partial charge on any atom is -0.496 e. The van der Waals surface area contributed by atoms with Gasteiger partial charge in [0.05, 0.1) is 14.2 Å². The first kappa shape index (κ1) is 23.5. The normalized spacial score (nSPS) is 10.6. The molecule has 7 heteroatoms. The lowest BCUT2D eigenvalue weighted by Gasteiger charge is -2.13. The van der Waals surface area contributed by atoms with Crippen molar-refractivity contribution in [3.63, 3.8) is 0 Å². The van der Waals surface area contributed by atoms with Crippen LogP contribution in [0.1, 0.15) is 48.5 Å². The largest absolute Gasteiger partial charge is 0.496 e. The number of unbranched alkanes of at least 4 members (excludes halogenated alkanes) is 3. The highest BCUT2D eigenvalue weighted by Gasteiger charge is 2.13. The standard InChI is InChI=1S/C18H29N3O3.HI/c1-5-6-7-8-11-20-18(19-2)21-13-14-9-10-16(23-3)15(12-14)17(22)24-4;/h9-10,12H,5-8,11,13H2,1-4H3,(H2,19,20,21);1H. The van der Waals surface area contributed by atoms with Gasteiger partial charge in [-0.2, -0.15) is 0 Å². The van der Waals surface area contributed by atoms with Gasteiger partial charge in [-0.1, -0.05) is 32.3 Å². The number of aliphatic imine (C=N–C) groups is 1. The number of nitrogens with one attached hydrogen (secondary N) is 2. The summed E-state index contributed by atoms with van der Waals surface area (Å²) in [5, 5.41) is 6.54. The third kappa shape index (κ3) is 8.42. The van der Waals surface area contributed by atoms with Gasteiger partial charge in [0, 0.05) is 20.1 Å². The van der Waals surface area contributed by atoms with E-state index >= 15 is 0 Å². The second-order valence-corrected chi connectivity index (χ2v) is 5.44. The van der Waals surface area contributed by atoms with Crippen LogP contribution in [0.3, 0.4) is 0 Å². The highest BCUT2D eigenvalue weighted by Crippen LogP contribution is 2.20. The van der Waals surface area contributed by atoms with E-state index in [-0.39, 0.29) is 24.0 Å². The molecule has 0 amide bonds. The molecule has 1 aromatic rings. The lowest BCUT2D eigenvalue weighted by atomic mass is 10.1. The minimum atomic E-state index is -0.410. The molecule has 0 heterocycles. The Morgan fingerprint density at radius 1 is 1.16 bits per heavy atom. The molecule has 0 aliphatic rings. The summed E-state index contributed by atoms with van der Waals surface area (Å²) in [5.41, 5.74) is 1.37. The first-order valence-electron chi connectivity index (χ1n) is 8.36. The van der Waals surface area contributed by atoms with Crippen molar-refractivity contribution < 1.29 is 14.3 Å². The van der Waals surface area contributed by atoms with Gasteiger partial charge in [-0.05, 0) is 24.1 Å². The number of carbonyl (C=O) groups excluding carboxylic acids is 1. The maximum atomic E-state index is 11.8. The topological polar surface area (TPSA) is 72.0 Å². The van der Waals surface area contributed by atoms with Gasteiger partial charge in [-0.15, -0.1) is 24.0 Å². The van der Waals surface area contributed by atoms with Crippen LogP contribution in [-0.2, 0) is 11.3 Å². The Morgan fingerprint density at radius 3 is 2.52 bits per heavy atom. The van der Waals surface area contributed by atoms with E-state index in [1.165, 1.54) is 33.5 Å². The molecular formula is C18H30IN3O3. The number of hydrogen-bond donors (Lipinski definition) is 2. The van der Waals surface area contributed by atoms with Crippen molar-refractivity contribution in [3.8, 4) is 5.75 Å². The van der Waals surface area contributed by atoms with Crippen molar-refractivity contribution in [1.29, 1.82) is 0 Å². The molecule has 6 nitrogen and oxygen atoms in total. The predicted octanol–water partition coefficient (Wildman–Crippen LogP) is 3.35. The summed E-state index contributed by atoms with van der Waals surface area (Å²) >= 11 is 0. The summed E-state index contributed by atoms with van der Waals surface area (Å²) in [6.45, 7) is 3.66. The fourth-order valence-electron chi connectivity index (χ4n) is 2.30. The average Bonchev–Trinajstić information content (AvgIpc) is 2.63. The van der Waals surface area contributed by atoms with Crippen molar-refractivity contribution in [2.45, 2.75) is 39.2 Å². The van der Waals surface area contributed by atoms with E-state index in [2.05, 4.69) is 22.5 Å². The molecule has 142 valence electrons. The van der Waals surface area contributed by atoms with E-state index in [0.29, 0.717) is 17.9 Å². The highest BCUT2D eigenvalue weighted by molar-refractivity contribution is 14.0. The SMILES string of the molecule is CCCCCCNC(=NC)NCc1ccc(OC)c(C(=O)OC)c1.I. The number of guanidine groups is 1. The van der Waals surface area contributed by atoms with Gasteiger partial charge in [0.15, 0.2) is 5.96 Å². The molecule has 0 aromatic heterocycles. The number of carbonyl (C=O) groups is 1. The Labute approximate surface area is 167 Å². The maximum Gasteiger partial charge on any atom is 0.341 e. The summed E-state index contributed by atoms with van der Waals surface area (Å²) in [5.74, 6) is 0.845. The van der Waals surface area contributed by atoms with Gasteiger partial charge in [-0.25, -0.2) is 4.79 Å². The van der Waals surface area contributed by atoms with Gasteiger partial charge in [0.25, 0.3) is 0 Å². The van der Waals surface area contributed by atoms with E-state index in [1.807, 2.05) is 6.07 Å². The third-order valence-corrected chi connectivity index (χ3v) is 3.68. The highest BCUT2D eigenvalue weighted by atomic mass is 127. The number of esters is 1. The molecule has 1 rings (SSSR count). The van der Waals surface area contributed by atoms with Gasteiger partial charge < -0.3 is 20.1 Å². The lowest BCUT2D eigenvalue weighted by Crippen LogP contribution is -2.37. The molecule has 0 atom stereocenters. The van der Waals surface area contributed by atoms with Gasteiger partial charge in [0.1, 0.15) is 11.3 Å². The smallest absolute Gasteiger partial charge is 0.341 e. The summed E-state index contributed by atoms with van der Waals surface area (Å²) in [7, 11) is 4.64. The molecule has 1 aromatic carbocycles. The Morgan fingerprint density at radius 2 is 1.92 bits per heavy atom. The first-order valence-corrected chi connectivity index (χ1v) is 8.36. The molecule has 0 unspecified atom stereocenters. The number of halogens is 1. The van der Waals surface area contributed by atoms with Gasteiger partial charge in [0.2, 0.25) is 0 Å². The second-order valence-electron chi connectivity index (χ2n) is 5.44. The quantitative estimate of drug-likeness (QED) is 0.193. The van der Waals surface area contributed by atoms with Crippen molar-refractivity contribution in [3.05, 3.63) is 29.3 Å². The Bertz CT molecular complexity index is 550. The molecule has 0 spiro atoms. The molecule has 0 saturated heterocycles. The summed E-state index contributed by atoms with van der Waals surface area (Å²) < 4.78 is 9.99. The van der Waals surface area contributed by atoms with Crippen LogP contribution in [0.5, 0.6) is 5.75 Å². The Balaban J connectivity index is 0.00000576. The van der Waals surface area contributed by atoms with E-state index in [9.17, 15) is 4.79 Å². The van der Waals surface area contributed by atoms with E-state index in [1.54, 1.807) is 19.2 Å². The number of methoxy groups -OCH3 is 2. The number of ether oxygens (including phenoxy) is 2. The zero-order valence-corrected chi connectivity index (χ0v) is 17.9. The van der Waals surface area contributed by atoms with Crippen LogP contribution in [0.15, 0.2) is 23.2 Å². The van der Waals surface area contributed by atoms with Crippen molar-refractivity contribution in [1.82, 2.24) is 10.6 Å². The molecular weight excluding hydrogens is 433 g/mol. The van der Waals surface area contributed by atoms with E-state index in [4.69, 9.17) is 9.47 Å². The third-order valence-electron chi connectivity index (χ3n) is 3.68. The number of rotatable bonds is 9. The molecule has 0 fully saturated rings. The van der Waals surface area contributed by atoms with Crippen LogP contribution in [0, 0.1) is 0 Å². The molecule has 25 heavy (non-hydrogen) atoms. The Hall–Kier alpha value is -1.51. The fourth-order valence-corrected chi connectivity index (χ4v) is 2.30. The predicted molar refractivity (Wildman–Crippen MR) is 112 cm³/mol. The van der Waals surface area contributed by atoms with Crippen LogP contribution < -0.4 is 15.4 Å². The van der Waals surface area contributed by atoms with Crippen molar-refractivity contribution in [2.24, 2.45) is 4.99 Å². The molecule has 0 aliphatic heterocycles. The molecule has 0 radical (unpaired) electrons. The van der Waals surface area contributed by atoms with Crippen LogP contribution in [0.25, 0.3) is 0 Å². The van der Waals surface area contributed by atoms with E-state index in [0.717, 1.165) is 24.5 Å². The lowest BCUT2D eigenvalue weighted by molar-refractivity contribution is 0.0597. The first-order chi connectivity index (χ1) is 11.7. The molecule has 0 aliphatic carbocycles.